The van der Waals surface area contributed by atoms with E-state index in [1.165, 1.54) is 0 Å². The van der Waals surface area contributed by atoms with Crippen LogP contribution >= 0.6 is 0 Å². The summed E-state index contributed by atoms with van der Waals surface area (Å²) in [6.07, 6.45) is 1.91. The molecule has 38 heavy (non-hydrogen) atoms. The van der Waals surface area contributed by atoms with E-state index in [4.69, 9.17) is 23.7 Å². The first-order valence-electron chi connectivity index (χ1n) is 13.8. The van der Waals surface area contributed by atoms with E-state index in [0.29, 0.717) is 43.5 Å². The van der Waals surface area contributed by atoms with Gasteiger partial charge in [0.05, 0.1) is 25.7 Å². The van der Waals surface area contributed by atoms with Gasteiger partial charge in [0.15, 0.2) is 11.5 Å². The maximum absolute atomic E-state index is 12.8. The van der Waals surface area contributed by atoms with E-state index in [9.17, 15) is 9.59 Å². The van der Waals surface area contributed by atoms with Crippen LogP contribution in [-0.2, 0) is 25.4 Å². The van der Waals surface area contributed by atoms with E-state index >= 15 is 0 Å². The number of methoxy groups -OCH3 is 2. The minimum absolute atomic E-state index is 0.167. The Bertz CT molecular complexity index is 893. The van der Waals surface area contributed by atoms with Crippen LogP contribution in [0.4, 0.5) is 4.79 Å². The van der Waals surface area contributed by atoms with Gasteiger partial charge in [0.25, 0.3) is 0 Å². The van der Waals surface area contributed by atoms with Crippen molar-refractivity contribution in [2.24, 2.45) is 23.7 Å². The van der Waals surface area contributed by atoms with Crippen molar-refractivity contribution in [3.63, 3.8) is 0 Å². The van der Waals surface area contributed by atoms with Crippen LogP contribution in [0.25, 0.3) is 0 Å². The number of carbonyl (C=O) groups excluding carboxylic acids is 2. The Morgan fingerprint density at radius 2 is 1.82 bits per heavy atom. The molecule has 8 nitrogen and oxygen atoms in total. The van der Waals surface area contributed by atoms with Crippen LogP contribution < -0.4 is 14.8 Å². The van der Waals surface area contributed by atoms with Crippen molar-refractivity contribution in [1.29, 1.82) is 0 Å². The molecule has 1 amide bonds. The molecule has 0 aromatic heterocycles. The van der Waals surface area contributed by atoms with Crippen LogP contribution in [-0.4, -0.2) is 57.2 Å². The van der Waals surface area contributed by atoms with Gasteiger partial charge in [0, 0.05) is 20.1 Å². The highest BCUT2D eigenvalue weighted by molar-refractivity contribution is 5.75. The summed E-state index contributed by atoms with van der Waals surface area (Å²) >= 11 is 0. The van der Waals surface area contributed by atoms with Crippen LogP contribution in [0.3, 0.4) is 0 Å². The zero-order valence-corrected chi connectivity index (χ0v) is 24.8. The minimum atomic E-state index is -0.623. The molecule has 0 radical (unpaired) electrons. The molecular weight excluding hydrogens is 486 g/mol. The summed E-state index contributed by atoms with van der Waals surface area (Å²) in [5, 5.41) is 3.04. The number of cyclic esters (lactones) is 1. The Balaban J connectivity index is 2.23. The summed E-state index contributed by atoms with van der Waals surface area (Å²) in [7, 11) is 3.31. The maximum Gasteiger partial charge on any atom is 0.408 e. The van der Waals surface area contributed by atoms with Crippen molar-refractivity contribution < 1.29 is 33.3 Å². The third-order valence-corrected chi connectivity index (χ3v) is 6.99. The third-order valence-electron chi connectivity index (χ3n) is 6.99. The number of carbonyl (C=O) groups is 2. The van der Waals surface area contributed by atoms with Gasteiger partial charge in [-0.15, -0.1) is 0 Å². The fourth-order valence-electron chi connectivity index (χ4n) is 4.75. The molecule has 1 aliphatic rings. The van der Waals surface area contributed by atoms with Gasteiger partial charge in [0.2, 0.25) is 0 Å². The van der Waals surface area contributed by atoms with Crippen molar-refractivity contribution in [2.75, 3.05) is 27.4 Å². The van der Waals surface area contributed by atoms with Crippen molar-refractivity contribution in [1.82, 2.24) is 5.32 Å². The van der Waals surface area contributed by atoms with Crippen molar-refractivity contribution in [3.05, 3.63) is 23.8 Å². The zero-order valence-electron chi connectivity index (χ0n) is 24.8. The largest absolute Gasteiger partial charge is 0.493 e. The summed E-state index contributed by atoms with van der Waals surface area (Å²) < 4.78 is 28.0. The number of hydrogen-bond donors (Lipinski definition) is 1. The summed E-state index contributed by atoms with van der Waals surface area (Å²) in [5.41, 5.74) is 0.493. The van der Waals surface area contributed by atoms with Gasteiger partial charge >= 0.3 is 12.1 Å². The van der Waals surface area contributed by atoms with Crippen molar-refractivity contribution in [3.8, 4) is 11.5 Å². The second-order valence-corrected chi connectivity index (χ2v) is 11.9. The topological polar surface area (TPSA) is 92.3 Å². The van der Waals surface area contributed by atoms with Crippen molar-refractivity contribution >= 4 is 12.1 Å². The minimum Gasteiger partial charge on any atom is -0.493 e. The molecule has 0 aliphatic carbocycles. The van der Waals surface area contributed by atoms with Gasteiger partial charge in [-0.25, -0.2) is 4.79 Å². The molecule has 0 bridgehead atoms. The van der Waals surface area contributed by atoms with Crippen LogP contribution in [0.1, 0.15) is 73.3 Å². The quantitative estimate of drug-likeness (QED) is 0.238. The van der Waals surface area contributed by atoms with Crippen LogP contribution in [0.5, 0.6) is 11.5 Å². The molecule has 1 aromatic carbocycles. The van der Waals surface area contributed by atoms with Crippen molar-refractivity contribution in [2.45, 2.75) is 91.9 Å². The number of ether oxygens (including phenoxy) is 5. The van der Waals surface area contributed by atoms with E-state index in [1.54, 1.807) is 14.2 Å². The lowest BCUT2D eigenvalue weighted by Gasteiger charge is -2.31. The molecule has 8 heteroatoms. The number of esters is 1. The SMILES string of the molecule is COCCCOc1cc(C[C@@H](C[C@H](NC(=O)OC(C)(C)C)C2C[C@@H](C(C)C)C(=O)O2)C(C)C)ccc1OC. The Hall–Kier alpha value is -2.48. The normalized spacial score (nSPS) is 19.3. The molecule has 1 aliphatic heterocycles. The number of amides is 1. The molecule has 4 atom stereocenters. The Labute approximate surface area is 229 Å². The predicted molar refractivity (Wildman–Crippen MR) is 148 cm³/mol. The first-order chi connectivity index (χ1) is 17.8. The molecule has 1 unspecified atom stereocenters. The number of alkyl carbamates (subject to hydrolysis) is 1. The van der Waals surface area contributed by atoms with Gasteiger partial charge in [-0.1, -0.05) is 33.8 Å². The molecule has 2 rings (SSSR count). The number of nitrogens with one attached hydrogen (secondary N) is 1. The molecule has 1 saturated heterocycles. The molecule has 1 fully saturated rings. The molecule has 1 aromatic rings. The number of benzene rings is 1. The predicted octanol–water partition coefficient (Wildman–Crippen LogP) is 5.80. The van der Waals surface area contributed by atoms with Gasteiger partial charge in [-0.3, -0.25) is 4.79 Å². The van der Waals surface area contributed by atoms with Gasteiger partial charge in [-0.2, -0.15) is 0 Å². The second kappa shape index (κ2) is 14.6. The zero-order chi connectivity index (χ0) is 28.5. The van der Waals surface area contributed by atoms with E-state index < -0.39 is 11.7 Å². The Morgan fingerprint density at radius 1 is 1.11 bits per heavy atom. The number of hydrogen-bond acceptors (Lipinski definition) is 7. The lowest BCUT2D eigenvalue weighted by atomic mass is 9.81. The van der Waals surface area contributed by atoms with Gasteiger partial charge in [0.1, 0.15) is 11.7 Å². The van der Waals surface area contributed by atoms with E-state index in [-0.39, 0.29) is 35.9 Å². The van der Waals surface area contributed by atoms with E-state index in [2.05, 4.69) is 25.2 Å². The summed E-state index contributed by atoms with van der Waals surface area (Å²) in [6.45, 7) is 15.1. The molecule has 1 heterocycles. The highest BCUT2D eigenvalue weighted by Crippen LogP contribution is 2.34. The lowest BCUT2D eigenvalue weighted by molar-refractivity contribution is -0.146. The van der Waals surface area contributed by atoms with Gasteiger partial charge in [-0.05, 0) is 75.5 Å². The molecular formula is C30H49NO7. The fourth-order valence-corrected chi connectivity index (χ4v) is 4.75. The van der Waals surface area contributed by atoms with Crippen LogP contribution in [0, 0.1) is 23.7 Å². The summed E-state index contributed by atoms with van der Waals surface area (Å²) in [6, 6.07) is 5.66. The highest BCUT2D eigenvalue weighted by atomic mass is 16.6. The monoisotopic (exact) mass is 535 g/mol. The Morgan fingerprint density at radius 3 is 2.37 bits per heavy atom. The number of rotatable bonds is 14. The molecule has 216 valence electrons. The average molecular weight is 536 g/mol. The fraction of sp³-hybridized carbons (Fsp3) is 0.733. The van der Waals surface area contributed by atoms with Gasteiger partial charge < -0.3 is 29.0 Å². The van der Waals surface area contributed by atoms with Crippen LogP contribution in [0.2, 0.25) is 0 Å². The Kier molecular flexibility index (Phi) is 12.2. The van der Waals surface area contributed by atoms with Crippen LogP contribution in [0.15, 0.2) is 18.2 Å². The lowest BCUT2D eigenvalue weighted by Crippen LogP contribution is -2.47. The molecule has 1 N–H and O–H groups in total. The summed E-state index contributed by atoms with van der Waals surface area (Å²) in [4.78, 5) is 25.4. The molecule has 0 saturated carbocycles. The highest BCUT2D eigenvalue weighted by Gasteiger charge is 2.42. The smallest absolute Gasteiger partial charge is 0.408 e. The first-order valence-corrected chi connectivity index (χ1v) is 13.8. The standard InChI is InChI=1S/C30H49NO7/c1-19(2)22(15-21-11-12-25(35-9)27(16-21)36-14-10-13-34-8)17-24(31-29(33)38-30(5,6)7)26-18-23(20(3)4)28(32)37-26/h11-12,16,19-20,22-24,26H,10,13-15,17-18H2,1-9H3,(H,31,33)/t22-,23-,24-,26?/m0/s1. The second-order valence-electron chi connectivity index (χ2n) is 11.9. The summed E-state index contributed by atoms with van der Waals surface area (Å²) in [5.74, 6) is 1.75. The van der Waals surface area contributed by atoms with E-state index in [1.807, 2.05) is 46.8 Å². The average Bonchev–Trinajstić information content (AvgIpc) is 3.21. The third kappa shape index (κ3) is 10.0. The first kappa shape index (κ1) is 31.7. The molecule has 0 spiro atoms. The maximum atomic E-state index is 12.8. The van der Waals surface area contributed by atoms with E-state index in [0.717, 1.165) is 18.4 Å².